The second kappa shape index (κ2) is 6.69. The van der Waals surface area contributed by atoms with Crippen molar-refractivity contribution in [3.05, 3.63) is 24.0 Å². The fraction of sp³-hybridized carbons (Fsp3) is 0.545. The second-order valence-electron chi connectivity index (χ2n) is 3.09. The van der Waals surface area contributed by atoms with Crippen molar-refractivity contribution in [3.63, 3.8) is 0 Å². The molecule has 84 valence electrons. The lowest BCUT2D eigenvalue weighted by molar-refractivity contribution is 0.165. The van der Waals surface area contributed by atoms with E-state index in [2.05, 4.69) is 11.9 Å². The Morgan fingerprint density at radius 3 is 3.07 bits per heavy atom. The zero-order chi connectivity index (χ0) is 11.1. The standard InChI is InChI=1S/C11H17NO2S/c1-3-15-8-6-9(13)11-10(14-2)5-4-7-12-11/h4-5,7,9,13H,3,6,8H2,1-2H3. The van der Waals surface area contributed by atoms with Gasteiger partial charge in [0.25, 0.3) is 0 Å². The van der Waals surface area contributed by atoms with Crippen molar-refractivity contribution in [1.29, 1.82) is 0 Å². The molecule has 0 fully saturated rings. The van der Waals surface area contributed by atoms with Crippen molar-refractivity contribution in [2.24, 2.45) is 0 Å². The summed E-state index contributed by atoms with van der Waals surface area (Å²) in [7, 11) is 1.59. The molecule has 0 spiro atoms. The van der Waals surface area contributed by atoms with E-state index < -0.39 is 6.10 Å². The molecule has 15 heavy (non-hydrogen) atoms. The van der Waals surface area contributed by atoms with Crippen LogP contribution >= 0.6 is 11.8 Å². The maximum atomic E-state index is 9.90. The highest BCUT2D eigenvalue weighted by molar-refractivity contribution is 7.99. The Morgan fingerprint density at radius 1 is 1.60 bits per heavy atom. The monoisotopic (exact) mass is 227 g/mol. The number of ether oxygens (including phenoxy) is 1. The molecule has 0 bridgehead atoms. The normalized spacial score (nSPS) is 12.5. The summed E-state index contributed by atoms with van der Waals surface area (Å²) in [6.45, 7) is 2.11. The molecule has 0 saturated heterocycles. The number of aliphatic hydroxyl groups excluding tert-OH is 1. The van der Waals surface area contributed by atoms with Gasteiger partial charge in [-0.05, 0) is 30.1 Å². The van der Waals surface area contributed by atoms with Crippen LogP contribution in [-0.2, 0) is 0 Å². The number of thioether (sulfide) groups is 1. The fourth-order valence-electron chi connectivity index (χ4n) is 1.30. The summed E-state index contributed by atoms with van der Waals surface area (Å²) in [5, 5.41) is 9.90. The topological polar surface area (TPSA) is 42.4 Å². The Kier molecular flexibility index (Phi) is 5.50. The van der Waals surface area contributed by atoms with Crippen molar-refractivity contribution in [3.8, 4) is 5.75 Å². The number of aliphatic hydroxyl groups is 1. The second-order valence-corrected chi connectivity index (χ2v) is 4.49. The third-order valence-electron chi connectivity index (χ3n) is 2.08. The van der Waals surface area contributed by atoms with Gasteiger partial charge in [-0.2, -0.15) is 11.8 Å². The van der Waals surface area contributed by atoms with Gasteiger partial charge >= 0.3 is 0 Å². The summed E-state index contributed by atoms with van der Waals surface area (Å²) in [5.74, 6) is 2.68. The van der Waals surface area contributed by atoms with E-state index in [4.69, 9.17) is 4.74 Å². The maximum absolute atomic E-state index is 9.90. The van der Waals surface area contributed by atoms with Crippen LogP contribution in [0.25, 0.3) is 0 Å². The molecule has 4 heteroatoms. The molecule has 1 atom stereocenters. The van der Waals surface area contributed by atoms with E-state index in [9.17, 15) is 5.11 Å². The molecular weight excluding hydrogens is 210 g/mol. The molecule has 1 aromatic heterocycles. The first-order valence-corrected chi connectivity index (χ1v) is 6.19. The smallest absolute Gasteiger partial charge is 0.143 e. The minimum atomic E-state index is -0.528. The van der Waals surface area contributed by atoms with E-state index in [1.54, 1.807) is 19.4 Å². The molecule has 0 aliphatic carbocycles. The van der Waals surface area contributed by atoms with Crippen LogP contribution < -0.4 is 4.74 Å². The van der Waals surface area contributed by atoms with Crippen LogP contribution in [0.3, 0.4) is 0 Å². The van der Waals surface area contributed by atoms with Crippen molar-refractivity contribution in [2.75, 3.05) is 18.6 Å². The van der Waals surface area contributed by atoms with Crippen LogP contribution in [0.15, 0.2) is 18.3 Å². The number of hydrogen-bond donors (Lipinski definition) is 1. The van der Waals surface area contributed by atoms with E-state index in [-0.39, 0.29) is 0 Å². The van der Waals surface area contributed by atoms with Crippen LogP contribution in [0.2, 0.25) is 0 Å². The first-order chi connectivity index (χ1) is 7.29. The number of pyridine rings is 1. The van der Waals surface area contributed by atoms with Crippen LogP contribution in [0, 0.1) is 0 Å². The first kappa shape index (κ1) is 12.3. The first-order valence-electron chi connectivity index (χ1n) is 5.04. The Labute approximate surface area is 94.9 Å². The predicted octanol–water partition coefficient (Wildman–Crippen LogP) is 2.27. The summed E-state index contributed by atoms with van der Waals surface area (Å²) in [6, 6.07) is 3.62. The SMILES string of the molecule is CCSCCC(O)c1ncccc1OC. The molecule has 1 rings (SSSR count). The fourth-order valence-corrected chi connectivity index (χ4v) is 1.98. The van der Waals surface area contributed by atoms with Crippen molar-refractivity contribution < 1.29 is 9.84 Å². The lowest BCUT2D eigenvalue weighted by Gasteiger charge is -2.12. The molecule has 0 aromatic carbocycles. The molecule has 1 unspecified atom stereocenters. The van der Waals surface area contributed by atoms with Crippen LogP contribution in [-0.4, -0.2) is 28.7 Å². The lowest BCUT2D eigenvalue weighted by atomic mass is 10.1. The van der Waals surface area contributed by atoms with Gasteiger partial charge in [0.2, 0.25) is 0 Å². The Balaban J connectivity index is 2.59. The summed E-state index contributed by atoms with van der Waals surface area (Å²) >= 11 is 1.82. The van der Waals surface area contributed by atoms with Gasteiger partial charge in [0.05, 0.1) is 7.11 Å². The zero-order valence-electron chi connectivity index (χ0n) is 9.14. The number of aromatic nitrogens is 1. The largest absolute Gasteiger partial charge is 0.495 e. The average molecular weight is 227 g/mol. The molecule has 1 N–H and O–H groups in total. The Bertz CT molecular complexity index is 294. The number of hydrogen-bond acceptors (Lipinski definition) is 4. The third-order valence-corrected chi connectivity index (χ3v) is 3.01. The third kappa shape index (κ3) is 3.72. The average Bonchev–Trinajstić information content (AvgIpc) is 2.29. The van der Waals surface area contributed by atoms with Crippen LogP contribution in [0.4, 0.5) is 0 Å². The Morgan fingerprint density at radius 2 is 2.40 bits per heavy atom. The van der Waals surface area contributed by atoms with E-state index in [0.717, 1.165) is 11.5 Å². The molecule has 0 aliphatic heterocycles. The molecule has 0 radical (unpaired) electrons. The highest BCUT2D eigenvalue weighted by Crippen LogP contribution is 2.25. The van der Waals surface area contributed by atoms with Crippen LogP contribution in [0.5, 0.6) is 5.75 Å². The van der Waals surface area contributed by atoms with Gasteiger partial charge in [-0.1, -0.05) is 6.92 Å². The molecule has 0 aliphatic rings. The lowest BCUT2D eigenvalue weighted by Crippen LogP contribution is -2.04. The van der Waals surface area contributed by atoms with E-state index >= 15 is 0 Å². The quantitative estimate of drug-likeness (QED) is 0.757. The van der Waals surface area contributed by atoms with E-state index in [1.165, 1.54) is 0 Å². The van der Waals surface area contributed by atoms with Gasteiger partial charge in [0.1, 0.15) is 17.5 Å². The minimum absolute atomic E-state index is 0.528. The highest BCUT2D eigenvalue weighted by Gasteiger charge is 2.13. The van der Waals surface area contributed by atoms with Crippen molar-refractivity contribution in [1.82, 2.24) is 4.98 Å². The number of methoxy groups -OCH3 is 1. The van der Waals surface area contributed by atoms with Crippen molar-refractivity contribution in [2.45, 2.75) is 19.4 Å². The van der Waals surface area contributed by atoms with Gasteiger partial charge in [-0.25, -0.2) is 0 Å². The summed E-state index contributed by atoms with van der Waals surface area (Å²) in [4.78, 5) is 4.14. The summed E-state index contributed by atoms with van der Waals surface area (Å²) < 4.78 is 5.14. The summed E-state index contributed by atoms with van der Waals surface area (Å²) in [5.41, 5.74) is 0.636. The van der Waals surface area contributed by atoms with Gasteiger partial charge in [-0.3, -0.25) is 4.98 Å². The Hall–Kier alpha value is -0.740. The maximum Gasteiger partial charge on any atom is 0.143 e. The highest BCUT2D eigenvalue weighted by atomic mass is 32.2. The summed E-state index contributed by atoms with van der Waals surface area (Å²) in [6.07, 6.45) is 1.86. The minimum Gasteiger partial charge on any atom is -0.495 e. The predicted molar refractivity (Wildman–Crippen MR) is 63.4 cm³/mol. The number of rotatable bonds is 6. The molecule has 1 aromatic rings. The van der Waals surface area contributed by atoms with Crippen molar-refractivity contribution >= 4 is 11.8 Å². The van der Waals surface area contributed by atoms with Gasteiger partial charge < -0.3 is 9.84 Å². The molecular formula is C11H17NO2S. The van der Waals surface area contributed by atoms with Crippen LogP contribution in [0.1, 0.15) is 25.1 Å². The van der Waals surface area contributed by atoms with E-state index in [1.807, 2.05) is 17.8 Å². The molecule has 1 heterocycles. The van der Waals surface area contributed by atoms with Gasteiger partial charge in [0.15, 0.2) is 0 Å². The molecule has 3 nitrogen and oxygen atoms in total. The zero-order valence-corrected chi connectivity index (χ0v) is 9.96. The van der Waals surface area contributed by atoms with Gasteiger partial charge in [0, 0.05) is 6.20 Å². The number of nitrogens with zero attached hydrogens (tertiary/aromatic N) is 1. The molecule has 0 amide bonds. The molecule has 0 saturated carbocycles. The van der Waals surface area contributed by atoms with E-state index in [0.29, 0.717) is 17.9 Å². The van der Waals surface area contributed by atoms with Gasteiger partial charge in [-0.15, -0.1) is 0 Å².